The van der Waals surface area contributed by atoms with Crippen LogP contribution in [-0.4, -0.2) is 30.4 Å². The second-order valence-electron chi connectivity index (χ2n) is 5.29. The Bertz CT molecular complexity index is 366. The number of hydrogen-bond donors (Lipinski definition) is 0. The molecule has 0 saturated carbocycles. The quantitative estimate of drug-likeness (QED) is 0.578. The number of benzene rings is 1. The van der Waals surface area contributed by atoms with E-state index in [2.05, 4.69) is 41.8 Å². The Morgan fingerprint density at radius 2 is 1.89 bits per heavy atom. The highest BCUT2D eigenvalue weighted by molar-refractivity contribution is 6.19. The van der Waals surface area contributed by atoms with Gasteiger partial charge in [-0.2, -0.15) is 0 Å². The van der Waals surface area contributed by atoms with Gasteiger partial charge in [-0.3, -0.25) is 4.90 Å². The molecule has 1 aliphatic rings. The van der Waals surface area contributed by atoms with Gasteiger partial charge in [0.25, 0.3) is 0 Å². The number of halogens is 1. The van der Waals surface area contributed by atoms with Crippen molar-refractivity contribution in [3.8, 4) is 0 Å². The Hall–Kier alpha value is -0.790. The van der Waals surface area contributed by atoms with Gasteiger partial charge in [-0.25, -0.2) is 0 Å². The molecule has 98 valence electrons. The van der Waals surface area contributed by atoms with Crippen molar-refractivity contribution in [3.05, 3.63) is 48.0 Å². The van der Waals surface area contributed by atoms with Crippen LogP contribution in [0, 0.1) is 5.92 Å². The molecular weight excluding hydrogens is 242 g/mol. The Morgan fingerprint density at radius 3 is 2.50 bits per heavy atom. The average molecular weight is 264 g/mol. The molecule has 0 amide bonds. The molecule has 1 aromatic rings. The summed E-state index contributed by atoms with van der Waals surface area (Å²) in [7, 11) is 0. The molecule has 2 rings (SSSR count). The van der Waals surface area contributed by atoms with E-state index in [1.54, 1.807) is 0 Å². The predicted octanol–water partition coefficient (Wildman–Crippen LogP) is 3.74. The minimum absolute atomic E-state index is 0.587. The van der Waals surface area contributed by atoms with Crippen LogP contribution >= 0.6 is 11.6 Å². The zero-order valence-corrected chi connectivity index (χ0v) is 11.7. The molecule has 0 aromatic heterocycles. The average Bonchev–Trinajstić information content (AvgIpc) is 2.42. The standard InChI is InChI=1S/C16H22ClN/c1-14(12-17)13-18-9-7-16(8-10-18)11-15-5-3-2-4-6-15/h2-6,16H,1,7-13H2. The lowest BCUT2D eigenvalue weighted by molar-refractivity contribution is 0.197. The van der Waals surface area contributed by atoms with E-state index in [4.69, 9.17) is 11.6 Å². The van der Waals surface area contributed by atoms with Crippen molar-refractivity contribution in [2.24, 2.45) is 5.92 Å². The number of alkyl halides is 1. The Kier molecular flexibility index (Phi) is 5.27. The van der Waals surface area contributed by atoms with Gasteiger partial charge in [0, 0.05) is 12.4 Å². The lowest BCUT2D eigenvalue weighted by Gasteiger charge is -2.32. The molecule has 1 saturated heterocycles. The van der Waals surface area contributed by atoms with Gasteiger partial charge in [0.15, 0.2) is 0 Å². The summed E-state index contributed by atoms with van der Waals surface area (Å²) in [4.78, 5) is 2.48. The summed E-state index contributed by atoms with van der Waals surface area (Å²) < 4.78 is 0. The fourth-order valence-corrected chi connectivity index (χ4v) is 2.74. The van der Waals surface area contributed by atoms with E-state index in [0.717, 1.165) is 18.0 Å². The zero-order chi connectivity index (χ0) is 12.8. The lowest BCUT2D eigenvalue weighted by atomic mass is 9.90. The van der Waals surface area contributed by atoms with Crippen LogP contribution < -0.4 is 0 Å². The fourth-order valence-electron chi connectivity index (χ4n) is 2.65. The summed E-state index contributed by atoms with van der Waals surface area (Å²) in [5.74, 6) is 1.43. The van der Waals surface area contributed by atoms with Crippen LogP contribution in [0.1, 0.15) is 18.4 Å². The zero-order valence-electron chi connectivity index (χ0n) is 10.9. The Labute approximate surface area is 115 Å². The molecule has 0 radical (unpaired) electrons. The van der Waals surface area contributed by atoms with Crippen molar-refractivity contribution < 1.29 is 0 Å². The van der Waals surface area contributed by atoms with Gasteiger partial charge in [0.1, 0.15) is 0 Å². The van der Waals surface area contributed by atoms with Gasteiger partial charge in [-0.05, 0) is 49.4 Å². The first-order valence-electron chi connectivity index (χ1n) is 6.77. The molecule has 0 atom stereocenters. The predicted molar refractivity (Wildman–Crippen MR) is 79.2 cm³/mol. The van der Waals surface area contributed by atoms with Crippen LogP contribution in [0.4, 0.5) is 0 Å². The van der Waals surface area contributed by atoms with Gasteiger partial charge in [-0.15, -0.1) is 11.6 Å². The third-order valence-electron chi connectivity index (χ3n) is 3.71. The van der Waals surface area contributed by atoms with Gasteiger partial charge >= 0.3 is 0 Å². The molecular formula is C16H22ClN. The first-order chi connectivity index (χ1) is 8.78. The fraction of sp³-hybridized carbons (Fsp3) is 0.500. The summed E-state index contributed by atoms with van der Waals surface area (Å²) in [5, 5.41) is 0. The SMILES string of the molecule is C=C(CCl)CN1CCC(Cc2ccccc2)CC1. The normalized spacial score (nSPS) is 17.8. The molecule has 0 N–H and O–H groups in total. The second-order valence-corrected chi connectivity index (χ2v) is 5.56. The number of hydrogen-bond acceptors (Lipinski definition) is 1. The highest BCUT2D eigenvalue weighted by Crippen LogP contribution is 2.22. The largest absolute Gasteiger partial charge is 0.299 e. The van der Waals surface area contributed by atoms with Crippen LogP contribution in [0.25, 0.3) is 0 Å². The minimum Gasteiger partial charge on any atom is -0.299 e. The summed E-state index contributed by atoms with van der Waals surface area (Å²) in [6.45, 7) is 7.33. The van der Waals surface area contributed by atoms with E-state index in [1.165, 1.54) is 37.9 Å². The molecule has 1 fully saturated rings. The van der Waals surface area contributed by atoms with Crippen molar-refractivity contribution in [3.63, 3.8) is 0 Å². The summed E-state index contributed by atoms with van der Waals surface area (Å²) in [6.07, 6.45) is 3.82. The summed E-state index contributed by atoms with van der Waals surface area (Å²) in [5.41, 5.74) is 2.61. The van der Waals surface area contributed by atoms with Crippen LogP contribution in [-0.2, 0) is 6.42 Å². The third-order valence-corrected chi connectivity index (χ3v) is 4.09. The first kappa shape index (κ1) is 13.6. The van der Waals surface area contributed by atoms with Crippen molar-refractivity contribution in [1.82, 2.24) is 4.90 Å². The molecule has 1 heterocycles. The monoisotopic (exact) mass is 263 g/mol. The summed E-state index contributed by atoms with van der Waals surface area (Å²) in [6, 6.07) is 10.8. The van der Waals surface area contributed by atoms with Gasteiger partial charge in [0.2, 0.25) is 0 Å². The highest BCUT2D eigenvalue weighted by atomic mass is 35.5. The van der Waals surface area contributed by atoms with Crippen LogP contribution in [0.15, 0.2) is 42.5 Å². The van der Waals surface area contributed by atoms with Crippen molar-refractivity contribution in [1.29, 1.82) is 0 Å². The first-order valence-corrected chi connectivity index (χ1v) is 7.30. The third kappa shape index (κ3) is 4.15. The number of piperidine rings is 1. The molecule has 18 heavy (non-hydrogen) atoms. The molecule has 1 nitrogen and oxygen atoms in total. The Balaban J connectivity index is 1.75. The van der Waals surface area contributed by atoms with Crippen LogP contribution in [0.2, 0.25) is 0 Å². The molecule has 1 aromatic carbocycles. The molecule has 2 heteroatoms. The maximum atomic E-state index is 5.78. The number of likely N-dealkylation sites (tertiary alicyclic amines) is 1. The maximum Gasteiger partial charge on any atom is 0.0443 e. The molecule has 0 aliphatic carbocycles. The van der Waals surface area contributed by atoms with E-state index in [0.29, 0.717) is 5.88 Å². The topological polar surface area (TPSA) is 3.24 Å². The van der Waals surface area contributed by atoms with E-state index >= 15 is 0 Å². The molecule has 0 bridgehead atoms. The van der Waals surface area contributed by atoms with Crippen molar-refractivity contribution >= 4 is 11.6 Å². The highest BCUT2D eigenvalue weighted by Gasteiger charge is 2.19. The molecule has 0 unspecified atom stereocenters. The van der Waals surface area contributed by atoms with Gasteiger partial charge in [-0.1, -0.05) is 36.9 Å². The minimum atomic E-state index is 0.587. The van der Waals surface area contributed by atoms with Crippen molar-refractivity contribution in [2.45, 2.75) is 19.3 Å². The summed E-state index contributed by atoms with van der Waals surface area (Å²) >= 11 is 5.78. The second kappa shape index (κ2) is 6.96. The maximum absolute atomic E-state index is 5.78. The lowest BCUT2D eigenvalue weighted by Crippen LogP contribution is -2.35. The smallest absolute Gasteiger partial charge is 0.0443 e. The van der Waals surface area contributed by atoms with Gasteiger partial charge in [0.05, 0.1) is 0 Å². The van der Waals surface area contributed by atoms with E-state index in [9.17, 15) is 0 Å². The van der Waals surface area contributed by atoms with Crippen LogP contribution in [0.3, 0.4) is 0 Å². The van der Waals surface area contributed by atoms with E-state index < -0.39 is 0 Å². The number of nitrogens with zero attached hydrogens (tertiary/aromatic N) is 1. The van der Waals surface area contributed by atoms with E-state index in [1.807, 2.05) is 0 Å². The van der Waals surface area contributed by atoms with Crippen LogP contribution in [0.5, 0.6) is 0 Å². The van der Waals surface area contributed by atoms with Gasteiger partial charge < -0.3 is 0 Å². The molecule has 1 aliphatic heterocycles. The number of rotatable bonds is 5. The van der Waals surface area contributed by atoms with Crippen molar-refractivity contribution in [2.75, 3.05) is 25.5 Å². The molecule has 0 spiro atoms. The van der Waals surface area contributed by atoms with E-state index in [-0.39, 0.29) is 0 Å². The Morgan fingerprint density at radius 1 is 1.22 bits per heavy atom.